The molecule has 1 atom stereocenters. The molecule has 0 saturated carbocycles. The highest BCUT2D eigenvalue weighted by atomic mass is 16.2. The second-order valence-electron chi connectivity index (χ2n) is 4.43. The summed E-state index contributed by atoms with van der Waals surface area (Å²) in [5.41, 5.74) is 0. The van der Waals surface area contributed by atoms with Gasteiger partial charge < -0.3 is 0 Å². The molecule has 1 aliphatic heterocycles. The van der Waals surface area contributed by atoms with Crippen molar-refractivity contribution < 1.29 is 9.59 Å². The molecule has 3 heteroatoms. The number of carbonyl (C=O) groups is 2. The van der Waals surface area contributed by atoms with Crippen LogP contribution < -0.4 is 0 Å². The van der Waals surface area contributed by atoms with Gasteiger partial charge in [-0.05, 0) is 13.3 Å². The Morgan fingerprint density at radius 3 is 2.19 bits per heavy atom. The van der Waals surface area contributed by atoms with Crippen LogP contribution in [0.2, 0.25) is 0 Å². The average molecular weight is 223 g/mol. The van der Waals surface area contributed by atoms with Crippen LogP contribution in [0.15, 0.2) is 12.2 Å². The zero-order chi connectivity index (χ0) is 12.0. The van der Waals surface area contributed by atoms with E-state index in [2.05, 4.69) is 6.92 Å². The molecule has 0 unspecified atom stereocenters. The van der Waals surface area contributed by atoms with Gasteiger partial charge in [-0.25, -0.2) is 0 Å². The summed E-state index contributed by atoms with van der Waals surface area (Å²) >= 11 is 0. The molecule has 3 nitrogen and oxygen atoms in total. The maximum atomic E-state index is 11.4. The van der Waals surface area contributed by atoms with Gasteiger partial charge in [0, 0.05) is 18.2 Å². The van der Waals surface area contributed by atoms with E-state index < -0.39 is 0 Å². The lowest BCUT2D eigenvalue weighted by atomic mass is 10.1. The molecule has 0 fully saturated rings. The number of imide groups is 1. The van der Waals surface area contributed by atoms with Gasteiger partial charge in [-0.15, -0.1) is 0 Å². The third kappa shape index (κ3) is 3.47. The van der Waals surface area contributed by atoms with Crippen LogP contribution in [0.5, 0.6) is 0 Å². The first-order valence-corrected chi connectivity index (χ1v) is 6.22. The summed E-state index contributed by atoms with van der Waals surface area (Å²) < 4.78 is 0. The van der Waals surface area contributed by atoms with Crippen molar-refractivity contribution in [2.45, 2.75) is 58.4 Å². The number of nitrogens with zero attached hydrogens (tertiary/aromatic N) is 1. The second-order valence-corrected chi connectivity index (χ2v) is 4.43. The molecule has 0 N–H and O–H groups in total. The summed E-state index contributed by atoms with van der Waals surface area (Å²) in [7, 11) is 0. The van der Waals surface area contributed by atoms with Gasteiger partial charge >= 0.3 is 0 Å². The van der Waals surface area contributed by atoms with Crippen LogP contribution in [0.4, 0.5) is 0 Å². The van der Waals surface area contributed by atoms with Crippen LogP contribution in [0.3, 0.4) is 0 Å². The summed E-state index contributed by atoms with van der Waals surface area (Å²) in [4.78, 5) is 24.1. The molecule has 1 aliphatic rings. The fourth-order valence-corrected chi connectivity index (χ4v) is 2.02. The molecule has 1 rings (SSSR count). The second kappa shape index (κ2) is 6.46. The van der Waals surface area contributed by atoms with E-state index in [4.69, 9.17) is 0 Å². The van der Waals surface area contributed by atoms with Crippen molar-refractivity contribution in [3.05, 3.63) is 12.2 Å². The maximum absolute atomic E-state index is 11.4. The van der Waals surface area contributed by atoms with E-state index in [1.165, 1.54) is 42.7 Å². The first-order valence-electron chi connectivity index (χ1n) is 6.22. The van der Waals surface area contributed by atoms with Crippen molar-refractivity contribution in [2.24, 2.45) is 0 Å². The van der Waals surface area contributed by atoms with Crippen LogP contribution in [0, 0.1) is 0 Å². The third-order valence-corrected chi connectivity index (χ3v) is 3.01. The van der Waals surface area contributed by atoms with Gasteiger partial charge in [-0.3, -0.25) is 14.5 Å². The summed E-state index contributed by atoms with van der Waals surface area (Å²) in [5.74, 6) is -0.322. The van der Waals surface area contributed by atoms with E-state index in [1.807, 2.05) is 6.92 Å². The zero-order valence-electron chi connectivity index (χ0n) is 10.2. The summed E-state index contributed by atoms with van der Waals surface area (Å²) in [6, 6.07) is 0.0385. The first kappa shape index (κ1) is 12.9. The highest BCUT2D eigenvalue weighted by molar-refractivity contribution is 6.13. The normalized spacial score (nSPS) is 17.2. The Morgan fingerprint density at radius 1 is 1.06 bits per heavy atom. The van der Waals surface area contributed by atoms with E-state index in [1.54, 1.807) is 0 Å². The minimum atomic E-state index is -0.161. The number of hydrogen-bond donors (Lipinski definition) is 0. The largest absolute Gasteiger partial charge is 0.273 e. The van der Waals surface area contributed by atoms with E-state index in [0.717, 1.165) is 12.8 Å². The van der Waals surface area contributed by atoms with Gasteiger partial charge in [0.2, 0.25) is 0 Å². The van der Waals surface area contributed by atoms with Crippen molar-refractivity contribution in [1.82, 2.24) is 4.90 Å². The lowest BCUT2D eigenvalue weighted by molar-refractivity contribution is -0.139. The van der Waals surface area contributed by atoms with Gasteiger partial charge in [0.15, 0.2) is 0 Å². The topological polar surface area (TPSA) is 37.4 Å². The molecule has 0 aromatic rings. The van der Waals surface area contributed by atoms with Gasteiger partial charge in [-0.2, -0.15) is 0 Å². The van der Waals surface area contributed by atoms with E-state index in [9.17, 15) is 9.59 Å². The minimum Gasteiger partial charge on any atom is -0.273 e. The number of carbonyl (C=O) groups excluding carboxylic acids is 2. The lowest BCUT2D eigenvalue weighted by Crippen LogP contribution is -2.38. The van der Waals surface area contributed by atoms with Crippen molar-refractivity contribution in [3.63, 3.8) is 0 Å². The van der Waals surface area contributed by atoms with Crippen LogP contribution in [-0.4, -0.2) is 22.8 Å². The molecule has 0 aliphatic carbocycles. The zero-order valence-corrected chi connectivity index (χ0v) is 10.2. The standard InChI is InChI=1S/C13H21NO2/c1-3-4-5-6-7-8-11(2)14-12(15)9-10-13(14)16/h9-11H,3-8H2,1-2H3/t11-/m0/s1. The summed E-state index contributed by atoms with van der Waals surface area (Å²) in [6.45, 7) is 4.14. The monoisotopic (exact) mass is 223 g/mol. The van der Waals surface area contributed by atoms with Crippen LogP contribution in [0.25, 0.3) is 0 Å². The number of unbranched alkanes of at least 4 members (excludes halogenated alkanes) is 4. The molecule has 90 valence electrons. The molecule has 2 amide bonds. The van der Waals surface area contributed by atoms with Crippen molar-refractivity contribution in [2.75, 3.05) is 0 Å². The smallest absolute Gasteiger partial charge is 0.253 e. The Kier molecular flexibility index (Phi) is 5.23. The minimum absolute atomic E-state index is 0.0385. The summed E-state index contributed by atoms with van der Waals surface area (Å²) in [6.07, 6.45) is 9.69. The predicted molar refractivity (Wildman–Crippen MR) is 63.8 cm³/mol. The molecule has 0 bridgehead atoms. The first-order chi connectivity index (χ1) is 7.66. The van der Waals surface area contributed by atoms with Crippen LogP contribution in [0.1, 0.15) is 52.4 Å². The molecule has 0 saturated heterocycles. The number of hydrogen-bond acceptors (Lipinski definition) is 2. The molecule has 1 heterocycles. The van der Waals surface area contributed by atoms with Gasteiger partial charge in [0.25, 0.3) is 11.8 Å². The SMILES string of the molecule is CCCCCCC[C@H](C)N1C(=O)C=CC1=O. The molecule has 0 radical (unpaired) electrons. The predicted octanol–water partition coefficient (Wildman–Crippen LogP) is 2.66. The fourth-order valence-electron chi connectivity index (χ4n) is 2.02. The van der Waals surface area contributed by atoms with Crippen molar-refractivity contribution >= 4 is 11.8 Å². The number of rotatable bonds is 7. The number of amides is 2. The van der Waals surface area contributed by atoms with Gasteiger partial charge in [0.1, 0.15) is 0 Å². The highest BCUT2D eigenvalue weighted by Gasteiger charge is 2.27. The lowest BCUT2D eigenvalue weighted by Gasteiger charge is -2.22. The summed E-state index contributed by atoms with van der Waals surface area (Å²) in [5, 5.41) is 0. The average Bonchev–Trinajstić information content (AvgIpc) is 2.58. The van der Waals surface area contributed by atoms with Crippen LogP contribution in [-0.2, 0) is 9.59 Å². The van der Waals surface area contributed by atoms with Crippen molar-refractivity contribution in [1.29, 1.82) is 0 Å². The molecular formula is C13H21NO2. The molecular weight excluding hydrogens is 202 g/mol. The van der Waals surface area contributed by atoms with Crippen molar-refractivity contribution in [3.8, 4) is 0 Å². The van der Waals surface area contributed by atoms with E-state index in [0.29, 0.717) is 0 Å². The fraction of sp³-hybridized carbons (Fsp3) is 0.692. The van der Waals surface area contributed by atoms with Gasteiger partial charge in [-0.1, -0.05) is 39.0 Å². The third-order valence-electron chi connectivity index (χ3n) is 3.01. The Labute approximate surface area is 97.5 Å². The Bertz CT molecular complexity index is 266. The Morgan fingerprint density at radius 2 is 1.62 bits per heavy atom. The quantitative estimate of drug-likeness (QED) is 0.491. The van der Waals surface area contributed by atoms with Gasteiger partial charge in [0.05, 0.1) is 0 Å². The Hall–Kier alpha value is -1.12. The maximum Gasteiger partial charge on any atom is 0.253 e. The Balaban J connectivity index is 2.22. The van der Waals surface area contributed by atoms with E-state index in [-0.39, 0.29) is 17.9 Å². The molecule has 0 aromatic carbocycles. The molecule has 16 heavy (non-hydrogen) atoms. The van der Waals surface area contributed by atoms with E-state index >= 15 is 0 Å². The van der Waals surface area contributed by atoms with Crippen LogP contribution >= 0.6 is 0 Å². The molecule has 0 spiro atoms. The highest BCUT2D eigenvalue weighted by Crippen LogP contribution is 2.15. The molecule has 0 aromatic heterocycles.